The van der Waals surface area contributed by atoms with Gasteiger partial charge in [0.2, 0.25) is 0 Å². The summed E-state index contributed by atoms with van der Waals surface area (Å²) in [5.74, 6) is 6.58. The molecule has 5 heteroatoms. The van der Waals surface area contributed by atoms with Crippen molar-refractivity contribution in [2.24, 2.45) is 5.84 Å². The molecule has 0 aromatic carbocycles. The predicted octanol–water partition coefficient (Wildman–Crippen LogP) is 2.61. The van der Waals surface area contributed by atoms with Gasteiger partial charge in [-0.25, -0.2) is 0 Å². The minimum atomic E-state index is 0.182. The molecule has 0 bridgehead atoms. The summed E-state index contributed by atoms with van der Waals surface area (Å²) in [5.41, 5.74) is 2.89. The standard InChI is InChI=1S/C13H22N2O2S/c1-16-12-7-9-18-13(12)11(15-14)6-2-4-10-5-3-8-17-10/h7,9-11,15H,2-6,8,14H2,1H3. The van der Waals surface area contributed by atoms with Crippen molar-refractivity contribution in [3.63, 3.8) is 0 Å². The van der Waals surface area contributed by atoms with E-state index in [0.717, 1.165) is 31.6 Å². The number of hydrogen-bond donors (Lipinski definition) is 2. The zero-order chi connectivity index (χ0) is 12.8. The molecule has 0 amide bonds. The van der Waals surface area contributed by atoms with Crippen LogP contribution in [0.2, 0.25) is 0 Å². The second kappa shape index (κ2) is 7.09. The normalized spacial score (nSPS) is 21.1. The monoisotopic (exact) mass is 270 g/mol. The summed E-state index contributed by atoms with van der Waals surface area (Å²) < 4.78 is 11.0. The largest absolute Gasteiger partial charge is 0.496 e. The Morgan fingerprint density at radius 3 is 3.22 bits per heavy atom. The Morgan fingerprint density at radius 1 is 1.67 bits per heavy atom. The fourth-order valence-electron chi connectivity index (χ4n) is 2.44. The van der Waals surface area contributed by atoms with Gasteiger partial charge in [0.05, 0.1) is 24.1 Å². The van der Waals surface area contributed by atoms with Crippen molar-refractivity contribution < 1.29 is 9.47 Å². The van der Waals surface area contributed by atoms with Crippen LogP contribution in [0.1, 0.15) is 43.0 Å². The maximum atomic E-state index is 5.65. The molecule has 1 saturated heterocycles. The zero-order valence-electron chi connectivity index (χ0n) is 10.9. The highest BCUT2D eigenvalue weighted by atomic mass is 32.1. The van der Waals surface area contributed by atoms with E-state index >= 15 is 0 Å². The van der Waals surface area contributed by atoms with E-state index in [2.05, 4.69) is 5.43 Å². The molecule has 18 heavy (non-hydrogen) atoms. The Bertz CT molecular complexity index is 351. The molecule has 1 aromatic heterocycles. The third-order valence-electron chi connectivity index (χ3n) is 3.44. The molecule has 2 heterocycles. The lowest BCUT2D eigenvalue weighted by atomic mass is 10.0. The molecular formula is C13H22N2O2S. The summed E-state index contributed by atoms with van der Waals surface area (Å²) in [6.45, 7) is 0.933. The SMILES string of the molecule is COc1ccsc1C(CCCC1CCCO1)NN. The van der Waals surface area contributed by atoms with E-state index in [-0.39, 0.29) is 6.04 Å². The van der Waals surface area contributed by atoms with Crippen LogP contribution in [0.3, 0.4) is 0 Å². The third kappa shape index (κ3) is 3.45. The quantitative estimate of drug-likeness (QED) is 0.590. The highest BCUT2D eigenvalue weighted by Crippen LogP contribution is 2.33. The van der Waals surface area contributed by atoms with Gasteiger partial charge in [0.1, 0.15) is 5.75 Å². The van der Waals surface area contributed by atoms with Crippen molar-refractivity contribution in [3.05, 3.63) is 16.3 Å². The number of hydrazine groups is 1. The second-order valence-electron chi connectivity index (χ2n) is 4.64. The number of rotatable bonds is 7. The Kier molecular flexibility index (Phi) is 5.44. The summed E-state index contributed by atoms with van der Waals surface area (Å²) in [7, 11) is 1.70. The number of nitrogens with one attached hydrogen (secondary N) is 1. The number of methoxy groups -OCH3 is 1. The molecule has 0 spiro atoms. The Morgan fingerprint density at radius 2 is 2.56 bits per heavy atom. The van der Waals surface area contributed by atoms with Crippen molar-refractivity contribution in [2.45, 2.75) is 44.2 Å². The Balaban J connectivity index is 1.81. The average molecular weight is 270 g/mol. The molecule has 102 valence electrons. The van der Waals surface area contributed by atoms with Crippen molar-refractivity contribution in [2.75, 3.05) is 13.7 Å². The molecule has 1 aliphatic heterocycles. The summed E-state index contributed by atoms with van der Waals surface area (Å²) in [5, 5.41) is 2.04. The van der Waals surface area contributed by atoms with Crippen molar-refractivity contribution in [3.8, 4) is 5.75 Å². The fourth-order valence-corrected chi connectivity index (χ4v) is 3.40. The van der Waals surface area contributed by atoms with Crippen LogP contribution in [0, 0.1) is 0 Å². The molecule has 2 atom stereocenters. The van der Waals surface area contributed by atoms with Crippen LogP contribution in [0.4, 0.5) is 0 Å². The molecule has 0 aliphatic carbocycles. The summed E-state index contributed by atoms with van der Waals surface area (Å²) in [4.78, 5) is 1.19. The topological polar surface area (TPSA) is 56.5 Å². The van der Waals surface area contributed by atoms with Gasteiger partial charge in [-0.3, -0.25) is 11.3 Å². The molecule has 1 fully saturated rings. The van der Waals surface area contributed by atoms with E-state index in [0.29, 0.717) is 6.10 Å². The molecule has 4 nitrogen and oxygen atoms in total. The molecule has 2 unspecified atom stereocenters. The average Bonchev–Trinajstić information content (AvgIpc) is 3.05. The van der Waals surface area contributed by atoms with Crippen molar-refractivity contribution in [1.82, 2.24) is 5.43 Å². The summed E-state index contributed by atoms with van der Waals surface area (Å²) in [6, 6.07) is 2.17. The van der Waals surface area contributed by atoms with Crippen LogP contribution in [-0.2, 0) is 4.74 Å². The minimum Gasteiger partial charge on any atom is -0.496 e. The number of ether oxygens (including phenoxy) is 2. The Hall–Kier alpha value is -0.620. The van der Waals surface area contributed by atoms with E-state index in [1.807, 2.05) is 11.4 Å². The molecule has 0 saturated carbocycles. The maximum absolute atomic E-state index is 5.65. The van der Waals surface area contributed by atoms with E-state index in [9.17, 15) is 0 Å². The first-order chi connectivity index (χ1) is 8.85. The molecule has 3 N–H and O–H groups in total. The number of thiophene rings is 1. The first-order valence-electron chi connectivity index (χ1n) is 6.54. The van der Waals surface area contributed by atoms with E-state index in [1.54, 1.807) is 18.4 Å². The zero-order valence-corrected chi connectivity index (χ0v) is 11.7. The van der Waals surface area contributed by atoms with E-state index in [4.69, 9.17) is 15.3 Å². The van der Waals surface area contributed by atoms with Crippen LogP contribution in [0.15, 0.2) is 11.4 Å². The highest BCUT2D eigenvalue weighted by molar-refractivity contribution is 7.10. The van der Waals surface area contributed by atoms with Gasteiger partial charge < -0.3 is 9.47 Å². The molecular weight excluding hydrogens is 248 g/mol. The van der Waals surface area contributed by atoms with Gasteiger partial charge in [-0.15, -0.1) is 11.3 Å². The van der Waals surface area contributed by atoms with E-state index in [1.165, 1.54) is 17.7 Å². The lowest BCUT2D eigenvalue weighted by Gasteiger charge is -2.17. The van der Waals surface area contributed by atoms with Gasteiger partial charge in [0, 0.05) is 6.61 Å². The fraction of sp³-hybridized carbons (Fsp3) is 0.692. The first-order valence-corrected chi connectivity index (χ1v) is 7.42. The first kappa shape index (κ1) is 13.8. The highest BCUT2D eigenvalue weighted by Gasteiger charge is 2.19. The second-order valence-corrected chi connectivity index (χ2v) is 5.59. The minimum absolute atomic E-state index is 0.182. The third-order valence-corrected chi connectivity index (χ3v) is 4.45. The van der Waals surface area contributed by atoms with Gasteiger partial charge in [-0.2, -0.15) is 0 Å². The van der Waals surface area contributed by atoms with Crippen molar-refractivity contribution in [1.29, 1.82) is 0 Å². The van der Waals surface area contributed by atoms with Gasteiger partial charge in [0.25, 0.3) is 0 Å². The number of hydrogen-bond acceptors (Lipinski definition) is 5. The van der Waals surface area contributed by atoms with Gasteiger partial charge in [-0.05, 0) is 43.6 Å². The van der Waals surface area contributed by atoms with Crippen LogP contribution in [0.5, 0.6) is 5.75 Å². The van der Waals surface area contributed by atoms with Gasteiger partial charge >= 0.3 is 0 Å². The Labute approximate surface area is 112 Å². The lowest BCUT2D eigenvalue weighted by Crippen LogP contribution is -2.27. The van der Waals surface area contributed by atoms with Crippen LogP contribution < -0.4 is 16.0 Å². The van der Waals surface area contributed by atoms with Gasteiger partial charge in [0.15, 0.2) is 0 Å². The van der Waals surface area contributed by atoms with Crippen LogP contribution >= 0.6 is 11.3 Å². The van der Waals surface area contributed by atoms with Crippen LogP contribution in [0.25, 0.3) is 0 Å². The van der Waals surface area contributed by atoms with Gasteiger partial charge in [-0.1, -0.05) is 0 Å². The summed E-state index contributed by atoms with van der Waals surface area (Å²) in [6.07, 6.45) is 6.17. The van der Waals surface area contributed by atoms with E-state index < -0.39 is 0 Å². The van der Waals surface area contributed by atoms with Crippen molar-refractivity contribution >= 4 is 11.3 Å². The predicted molar refractivity (Wildman–Crippen MR) is 73.8 cm³/mol. The van der Waals surface area contributed by atoms with Crippen LogP contribution in [-0.4, -0.2) is 19.8 Å². The number of nitrogens with two attached hydrogens (primary N) is 1. The molecule has 0 radical (unpaired) electrons. The molecule has 1 aliphatic rings. The summed E-state index contributed by atoms with van der Waals surface area (Å²) >= 11 is 1.69. The lowest BCUT2D eigenvalue weighted by molar-refractivity contribution is 0.101. The maximum Gasteiger partial charge on any atom is 0.134 e. The molecule has 2 rings (SSSR count). The smallest absolute Gasteiger partial charge is 0.134 e. The molecule has 1 aromatic rings.